The second-order valence-corrected chi connectivity index (χ2v) is 8.11. The van der Waals surface area contributed by atoms with Crippen LogP contribution in [-0.4, -0.2) is 27.6 Å². The van der Waals surface area contributed by atoms with E-state index in [1.54, 1.807) is 12.1 Å². The third-order valence-corrected chi connectivity index (χ3v) is 5.94. The number of aromatic amines is 1. The number of carbonyl (C=O) groups is 2. The summed E-state index contributed by atoms with van der Waals surface area (Å²) in [5, 5.41) is 3.12. The molecule has 0 aliphatic carbocycles. The molecule has 4 aromatic rings. The maximum absolute atomic E-state index is 13.1. The zero-order chi connectivity index (χ0) is 21.5. The largest absolute Gasteiger partial charge is 0.459 e. The van der Waals surface area contributed by atoms with Crippen LogP contribution in [0.2, 0.25) is 0 Å². The zero-order valence-corrected chi connectivity index (χ0v) is 17.6. The van der Waals surface area contributed by atoms with Crippen molar-refractivity contribution in [3.05, 3.63) is 87.1 Å². The summed E-state index contributed by atoms with van der Waals surface area (Å²) in [5.74, 6) is 0.300. The summed E-state index contributed by atoms with van der Waals surface area (Å²) in [5.41, 5.74) is 6.28. The van der Waals surface area contributed by atoms with E-state index in [2.05, 4.69) is 15.4 Å². The van der Waals surface area contributed by atoms with Crippen LogP contribution in [0.4, 0.5) is 0 Å². The van der Waals surface area contributed by atoms with Crippen molar-refractivity contribution in [1.29, 1.82) is 0 Å². The zero-order valence-electron chi connectivity index (χ0n) is 16.8. The number of nitrogens with one attached hydrogen (secondary N) is 2. The van der Waals surface area contributed by atoms with Crippen LogP contribution in [0.1, 0.15) is 32.3 Å². The topological polar surface area (TPSA) is 90.7 Å². The van der Waals surface area contributed by atoms with Gasteiger partial charge >= 0.3 is 0 Å². The number of hydrogen-bond acceptors (Lipinski definition) is 5. The standard InChI is InChI=1S/C23H18N4O3S/c1-13-14(2)30-19-12-17(24-20(13)19)22(28)26-27-21(15-7-4-3-5-8-15)25-18(23(27)29)11-16-9-6-10-31-16/h3-12,24H,1-2H3,(H,26,28). The molecule has 4 heterocycles. The number of furan rings is 1. The fourth-order valence-corrected chi connectivity index (χ4v) is 4.06. The predicted molar refractivity (Wildman–Crippen MR) is 120 cm³/mol. The first-order valence-electron chi connectivity index (χ1n) is 9.65. The molecule has 5 rings (SSSR count). The van der Waals surface area contributed by atoms with Crippen molar-refractivity contribution in [1.82, 2.24) is 15.4 Å². The molecule has 7 nitrogen and oxygen atoms in total. The smallest absolute Gasteiger partial charge is 0.297 e. The van der Waals surface area contributed by atoms with E-state index in [0.29, 0.717) is 17.1 Å². The highest BCUT2D eigenvalue weighted by Gasteiger charge is 2.33. The van der Waals surface area contributed by atoms with Gasteiger partial charge in [0.1, 0.15) is 17.2 Å². The average Bonchev–Trinajstić information content (AvgIpc) is 3.54. The maximum atomic E-state index is 13.1. The number of hydrogen-bond donors (Lipinski definition) is 2. The maximum Gasteiger partial charge on any atom is 0.297 e. The highest BCUT2D eigenvalue weighted by atomic mass is 32.1. The lowest BCUT2D eigenvalue weighted by Gasteiger charge is -2.18. The lowest BCUT2D eigenvalue weighted by Crippen LogP contribution is -2.47. The Bertz CT molecular complexity index is 1360. The minimum Gasteiger partial charge on any atom is -0.459 e. The third kappa shape index (κ3) is 3.36. The summed E-state index contributed by atoms with van der Waals surface area (Å²) >= 11 is 1.51. The molecule has 3 aromatic heterocycles. The molecule has 0 saturated heterocycles. The molecule has 154 valence electrons. The second kappa shape index (κ2) is 7.41. The number of aromatic nitrogens is 1. The summed E-state index contributed by atoms with van der Waals surface area (Å²) in [6.07, 6.45) is 1.72. The number of aryl methyl sites for hydroxylation is 2. The molecule has 1 aliphatic rings. The number of benzene rings is 1. The predicted octanol–water partition coefficient (Wildman–Crippen LogP) is 4.41. The number of amidine groups is 1. The first-order chi connectivity index (χ1) is 15.0. The van der Waals surface area contributed by atoms with Gasteiger partial charge in [-0.25, -0.2) is 4.99 Å². The number of rotatable bonds is 4. The summed E-state index contributed by atoms with van der Waals surface area (Å²) in [6, 6.07) is 14.7. The molecule has 1 aliphatic heterocycles. The molecular weight excluding hydrogens is 412 g/mol. The van der Waals surface area contributed by atoms with E-state index in [-0.39, 0.29) is 5.70 Å². The number of amides is 2. The minimum atomic E-state index is -0.460. The Morgan fingerprint density at radius 3 is 2.71 bits per heavy atom. The molecule has 0 bridgehead atoms. The van der Waals surface area contributed by atoms with Crippen molar-refractivity contribution in [2.24, 2.45) is 4.99 Å². The van der Waals surface area contributed by atoms with Crippen LogP contribution in [0.5, 0.6) is 0 Å². The Balaban J connectivity index is 1.48. The van der Waals surface area contributed by atoms with Gasteiger partial charge in [0.2, 0.25) is 0 Å². The van der Waals surface area contributed by atoms with E-state index < -0.39 is 11.8 Å². The van der Waals surface area contributed by atoms with E-state index in [1.165, 1.54) is 16.3 Å². The van der Waals surface area contributed by atoms with Crippen molar-refractivity contribution in [3.63, 3.8) is 0 Å². The van der Waals surface area contributed by atoms with Gasteiger partial charge in [0.05, 0.1) is 5.52 Å². The van der Waals surface area contributed by atoms with Gasteiger partial charge in [-0.05, 0) is 31.4 Å². The summed E-state index contributed by atoms with van der Waals surface area (Å²) in [6.45, 7) is 3.79. The summed E-state index contributed by atoms with van der Waals surface area (Å²) in [4.78, 5) is 34.6. The lowest BCUT2D eigenvalue weighted by molar-refractivity contribution is -0.124. The summed E-state index contributed by atoms with van der Waals surface area (Å²) in [7, 11) is 0. The highest BCUT2D eigenvalue weighted by molar-refractivity contribution is 7.10. The Morgan fingerprint density at radius 2 is 2.00 bits per heavy atom. The molecule has 31 heavy (non-hydrogen) atoms. The first kappa shape index (κ1) is 19.1. The first-order valence-corrected chi connectivity index (χ1v) is 10.5. The number of H-pyrrole nitrogens is 1. The van der Waals surface area contributed by atoms with Gasteiger partial charge in [-0.1, -0.05) is 36.4 Å². The second-order valence-electron chi connectivity index (χ2n) is 7.13. The molecule has 8 heteroatoms. The molecule has 0 radical (unpaired) electrons. The van der Waals surface area contributed by atoms with Crippen LogP contribution in [0.25, 0.3) is 17.2 Å². The van der Waals surface area contributed by atoms with E-state index in [0.717, 1.165) is 27.3 Å². The molecule has 0 spiro atoms. The fraction of sp³-hybridized carbons (Fsp3) is 0.0870. The van der Waals surface area contributed by atoms with E-state index in [9.17, 15) is 9.59 Å². The Hall–Kier alpha value is -3.91. The van der Waals surface area contributed by atoms with Gasteiger partial charge in [-0.2, -0.15) is 5.01 Å². The van der Waals surface area contributed by atoms with Crippen molar-refractivity contribution in [2.75, 3.05) is 0 Å². The Kier molecular flexibility index (Phi) is 4.56. The van der Waals surface area contributed by atoms with Crippen molar-refractivity contribution < 1.29 is 14.0 Å². The number of hydrazine groups is 1. The number of fused-ring (bicyclic) bond motifs is 1. The van der Waals surface area contributed by atoms with Gasteiger partial charge in [0, 0.05) is 22.1 Å². The van der Waals surface area contributed by atoms with Crippen molar-refractivity contribution in [3.8, 4) is 0 Å². The van der Waals surface area contributed by atoms with Gasteiger partial charge in [-0.3, -0.25) is 15.0 Å². The van der Waals surface area contributed by atoms with Crippen LogP contribution in [0.3, 0.4) is 0 Å². The van der Waals surface area contributed by atoms with Crippen LogP contribution < -0.4 is 5.43 Å². The average molecular weight is 430 g/mol. The molecule has 0 atom stereocenters. The Labute approximate surface area is 181 Å². The molecule has 2 amide bonds. The van der Waals surface area contributed by atoms with Crippen LogP contribution >= 0.6 is 11.3 Å². The normalized spacial score (nSPS) is 15.2. The number of thiophene rings is 1. The number of nitrogens with zero attached hydrogens (tertiary/aromatic N) is 2. The van der Waals surface area contributed by atoms with Crippen LogP contribution in [0.15, 0.2) is 69.0 Å². The van der Waals surface area contributed by atoms with Gasteiger partial charge in [0.15, 0.2) is 11.4 Å². The molecule has 0 saturated carbocycles. The van der Waals surface area contributed by atoms with Gasteiger partial charge in [-0.15, -0.1) is 11.3 Å². The molecular formula is C23H18N4O3S. The van der Waals surface area contributed by atoms with Gasteiger partial charge in [0.25, 0.3) is 11.8 Å². The third-order valence-electron chi connectivity index (χ3n) is 5.12. The minimum absolute atomic E-state index is 0.258. The van der Waals surface area contributed by atoms with Crippen molar-refractivity contribution >= 4 is 46.2 Å². The SMILES string of the molecule is Cc1oc2cc(C(=O)NN3C(=O)C(=Cc4cccs4)N=C3c3ccccc3)[nH]c2c1C. The highest BCUT2D eigenvalue weighted by Crippen LogP contribution is 2.26. The number of carbonyl (C=O) groups excluding carboxylic acids is 2. The Morgan fingerprint density at radius 1 is 1.19 bits per heavy atom. The molecule has 0 fully saturated rings. The monoisotopic (exact) mass is 430 g/mol. The quantitative estimate of drug-likeness (QED) is 0.470. The number of aliphatic imine (C=N–C) groups is 1. The van der Waals surface area contributed by atoms with Crippen LogP contribution in [-0.2, 0) is 4.79 Å². The van der Waals surface area contributed by atoms with Crippen molar-refractivity contribution in [2.45, 2.75) is 13.8 Å². The summed E-state index contributed by atoms with van der Waals surface area (Å²) < 4.78 is 5.66. The lowest BCUT2D eigenvalue weighted by atomic mass is 10.2. The van der Waals surface area contributed by atoms with Crippen LogP contribution in [0, 0.1) is 13.8 Å². The molecule has 2 N–H and O–H groups in total. The molecule has 0 unspecified atom stereocenters. The molecule has 1 aromatic carbocycles. The van der Waals surface area contributed by atoms with E-state index in [4.69, 9.17) is 4.42 Å². The fourth-order valence-electron chi connectivity index (χ4n) is 3.41. The van der Waals surface area contributed by atoms with E-state index in [1.807, 2.05) is 61.7 Å². The van der Waals surface area contributed by atoms with Gasteiger partial charge < -0.3 is 9.40 Å². The van der Waals surface area contributed by atoms with E-state index >= 15 is 0 Å².